The normalized spacial score (nSPS) is 12.5. The van der Waals surface area contributed by atoms with Crippen LogP contribution >= 0.6 is 0 Å². The molecule has 0 fully saturated rings. The highest BCUT2D eigenvalue weighted by Gasteiger charge is 2.21. The fourth-order valence-electron chi connectivity index (χ4n) is 2.64. The van der Waals surface area contributed by atoms with Crippen LogP contribution in [0.4, 0.5) is 8.78 Å². The Morgan fingerprint density at radius 3 is 2.43 bits per heavy atom. The van der Waals surface area contributed by atoms with Gasteiger partial charge in [0.15, 0.2) is 0 Å². The number of rotatable bonds is 3. The summed E-state index contributed by atoms with van der Waals surface area (Å²) in [6, 6.07) is 10.9. The summed E-state index contributed by atoms with van der Waals surface area (Å²) in [5, 5.41) is 4.87. The maximum absolute atomic E-state index is 14.1. The quantitative estimate of drug-likeness (QED) is 0.791. The molecule has 0 radical (unpaired) electrons. The van der Waals surface area contributed by atoms with Gasteiger partial charge in [0.1, 0.15) is 11.6 Å². The zero-order valence-electron chi connectivity index (χ0n) is 11.5. The number of aromatic nitrogens is 1. The van der Waals surface area contributed by atoms with E-state index in [1.54, 1.807) is 19.4 Å². The molecule has 3 aromatic rings. The molecular weight excluding hydrogens is 270 g/mol. The van der Waals surface area contributed by atoms with Gasteiger partial charge in [-0.2, -0.15) is 0 Å². The number of benzene rings is 2. The maximum atomic E-state index is 14.1. The Morgan fingerprint density at radius 1 is 1.00 bits per heavy atom. The van der Waals surface area contributed by atoms with Gasteiger partial charge in [0.25, 0.3) is 0 Å². The van der Waals surface area contributed by atoms with Gasteiger partial charge in [-0.1, -0.05) is 24.3 Å². The van der Waals surface area contributed by atoms with Gasteiger partial charge in [0.2, 0.25) is 0 Å². The average Bonchev–Trinajstić information content (AvgIpc) is 2.51. The number of pyridine rings is 1. The van der Waals surface area contributed by atoms with Gasteiger partial charge in [-0.25, -0.2) is 8.78 Å². The Hall–Kier alpha value is -2.33. The molecule has 106 valence electrons. The van der Waals surface area contributed by atoms with E-state index in [0.717, 1.165) is 16.3 Å². The molecule has 0 aliphatic rings. The molecular formula is C17H14F2N2. The van der Waals surface area contributed by atoms with Gasteiger partial charge in [0, 0.05) is 23.3 Å². The molecule has 1 atom stereocenters. The molecule has 0 aliphatic heterocycles. The van der Waals surface area contributed by atoms with Crippen LogP contribution in [0.1, 0.15) is 17.2 Å². The highest BCUT2D eigenvalue weighted by Crippen LogP contribution is 2.31. The topological polar surface area (TPSA) is 24.9 Å². The number of hydrogen-bond acceptors (Lipinski definition) is 2. The molecule has 2 aromatic carbocycles. The van der Waals surface area contributed by atoms with Crippen molar-refractivity contribution in [1.82, 2.24) is 10.3 Å². The van der Waals surface area contributed by atoms with Crippen LogP contribution in [0.5, 0.6) is 0 Å². The predicted octanol–water partition coefficient (Wildman–Crippen LogP) is 3.82. The fraction of sp³-hybridized carbons (Fsp3) is 0.118. The summed E-state index contributed by atoms with van der Waals surface area (Å²) in [6.07, 6.45) is 3.42. The van der Waals surface area contributed by atoms with Crippen LogP contribution < -0.4 is 5.32 Å². The SMILES string of the molecule is CNC(c1c(F)cccc1F)c1cccc2cnccc12. The highest BCUT2D eigenvalue weighted by atomic mass is 19.1. The fourth-order valence-corrected chi connectivity index (χ4v) is 2.64. The van der Waals surface area contributed by atoms with E-state index in [1.165, 1.54) is 18.2 Å². The molecule has 21 heavy (non-hydrogen) atoms. The second kappa shape index (κ2) is 5.58. The molecule has 0 spiro atoms. The van der Waals surface area contributed by atoms with Gasteiger partial charge in [-0.15, -0.1) is 0 Å². The molecule has 0 saturated carbocycles. The van der Waals surface area contributed by atoms with Crippen molar-refractivity contribution in [3.8, 4) is 0 Å². The van der Waals surface area contributed by atoms with Crippen LogP contribution in [0.3, 0.4) is 0 Å². The van der Waals surface area contributed by atoms with Gasteiger partial charge < -0.3 is 5.32 Å². The molecule has 3 rings (SSSR count). The molecule has 0 aliphatic carbocycles. The van der Waals surface area contributed by atoms with Crippen molar-refractivity contribution in [3.63, 3.8) is 0 Å². The van der Waals surface area contributed by atoms with E-state index in [4.69, 9.17) is 0 Å². The molecule has 2 nitrogen and oxygen atoms in total. The van der Waals surface area contributed by atoms with Crippen LogP contribution in [-0.4, -0.2) is 12.0 Å². The Balaban J connectivity index is 2.24. The number of halogens is 2. The van der Waals surface area contributed by atoms with Crippen molar-refractivity contribution in [2.24, 2.45) is 0 Å². The van der Waals surface area contributed by atoms with Crippen LogP contribution in [0.25, 0.3) is 10.8 Å². The van der Waals surface area contributed by atoms with Crippen molar-refractivity contribution >= 4 is 10.8 Å². The summed E-state index contributed by atoms with van der Waals surface area (Å²) in [5.74, 6) is -1.11. The molecule has 1 N–H and O–H groups in total. The first-order chi connectivity index (χ1) is 10.2. The predicted molar refractivity (Wildman–Crippen MR) is 79.0 cm³/mol. The Bertz CT molecular complexity index is 761. The van der Waals surface area contributed by atoms with Crippen molar-refractivity contribution in [3.05, 3.63) is 77.6 Å². The lowest BCUT2D eigenvalue weighted by atomic mass is 9.94. The van der Waals surface area contributed by atoms with E-state index in [2.05, 4.69) is 10.3 Å². The minimum atomic E-state index is -0.558. The first-order valence-corrected chi connectivity index (χ1v) is 6.66. The molecule has 1 aromatic heterocycles. The van der Waals surface area contributed by atoms with Crippen LogP contribution in [0.2, 0.25) is 0 Å². The van der Waals surface area contributed by atoms with E-state index < -0.39 is 17.7 Å². The minimum absolute atomic E-state index is 0.0318. The summed E-state index contributed by atoms with van der Waals surface area (Å²) < 4.78 is 28.2. The van der Waals surface area contributed by atoms with E-state index in [1.807, 2.05) is 24.3 Å². The molecule has 1 heterocycles. The number of hydrogen-bond donors (Lipinski definition) is 1. The number of fused-ring (bicyclic) bond motifs is 1. The first kappa shape index (κ1) is 13.6. The molecule has 0 bridgehead atoms. The number of nitrogens with one attached hydrogen (secondary N) is 1. The zero-order chi connectivity index (χ0) is 14.8. The van der Waals surface area contributed by atoms with E-state index in [0.29, 0.717) is 0 Å². The second-order valence-electron chi connectivity index (χ2n) is 4.80. The molecule has 0 saturated heterocycles. The van der Waals surface area contributed by atoms with E-state index in [9.17, 15) is 8.78 Å². The third-order valence-corrected chi connectivity index (χ3v) is 3.60. The molecule has 0 amide bonds. The Morgan fingerprint density at radius 2 is 1.71 bits per heavy atom. The van der Waals surface area contributed by atoms with Gasteiger partial charge in [-0.05, 0) is 36.2 Å². The van der Waals surface area contributed by atoms with Crippen molar-refractivity contribution in [1.29, 1.82) is 0 Å². The Labute approximate surface area is 121 Å². The van der Waals surface area contributed by atoms with Gasteiger partial charge in [-0.3, -0.25) is 4.98 Å². The highest BCUT2D eigenvalue weighted by molar-refractivity contribution is 5.85. The second-order valence-corrected chi connectivity index (χ2v) is 4.80. The number of nitrogens with zero attached hydrogens (tertiary/aromatic N) is 1. The Kier molecular flexibility index (Phi) is 3.62. The van der Waals surface area contributed by atoms with E-state index >= 15 is 0 Å². The lowest BCUT2D eigenvalue weighted by Crippen LogP contribution is -2.20. The van der Waals surface area contributed by atoms with Gasteiger partial charge in [0.05, 0.1) is 6.04 Å². The largest absolute Gasteiger partial charge is 0.309 e. The maximum Gasteiger partial charge on any atom is 0.131 e. The molecule has 1 unspecified atom stereocenters. The van der Waals surface area contributed by atoms with Crippen molar-refractivity contribution in [2.45, 2.75) is 6.04 Å². The average molecular weight is 284 g/mol. The third kappa shape index (κ3) is 2.38. The summed E-state index contributed by atoms with van der Waals surface area (Å²) in [4.78, 5) is 4.08. The van der Waals surface area contributed by atoms with Crippen molar-refractivity contribution in [2.75, 3.05) is 7.05 Å². The van der Waals surface area contributed by atoms with Crippen molar-refractivity contribution < 1.29 is 8.78 Å². The van der Waals surface area contributed by atoms with Crippen LogP contribution in [0, 0.1) is 11.6 Å². The first-order valence-electron chi connectivity index (χ1n) is 6.66. The summed E-state index contributed by atoms with van der Waals surface area (Å²) >= 11 is 0. The summed E-state index contributed by atoms with van der Waals surface area (Å²) in [7, 11) is 1.69. The van der Waals surface area contributed by atoms with Crippen LogP contribution in [0.15, 0.2) is 54.9 Å². The monoisotopic (exact) mass is 284 g/mol. The summed E-state index contributed by atoms with van der Waals surface area (Å²) in [5.41, 5.74) is 0.853. The molecule has 4 heteroatoms. The zero-order valence-corrected chi connectivity index (χ0v) is 11.5. The van der Waals surface area contributed by atoms with Crippen LogP contribution in [-0.2, 0) is 0 Å². The summed E-state index contributed by atoms with van der Waals surface area (Å²) in [6.45, 7) is 0. The lowest BCUT2D eigenvalue weighted by Gasteiger charge is -2.20. The van der Waals surface area contributed by atoms with Gasteiger partial charge >= 0.3 is 0 Å². The third-order valence-electron chi connectivity index (χ3n) is 3.60. The lowest BCUT2D eigenvalue weighted by molar-refractivity contribution is 0.523. The van der Waals surface area contributed by atoms with E-state index in [-0.39, 0.29) is 5.56 Å². The standard InChI is InChI=1S/C17H14F2N2/c1-20-17(16-14(18)6-3-7-15(16)19)13-5-2-4-11-10-21-9-8-12(11)13/h2-10,17,20H,1H3. The minimum Gasteiger partial charge on any atom is -0.309 e. The smallest absolute Gasteiger partial charge is 0.131 e.